The van der Waals surface area contributed by atoms with Crippen LogP contribution in [0.2, 0.25) is 0 Å². The second-order valence-corrected chi connectivity index (χ2v) is 9.18. The molecule has 1 atom stereocenters. The van der Waals surface area contributed by atoms with Gasteiger partial charge in [0.25, 0.3) is 0 Å². The predicted molar refractivity (Wildman–Crippen MR) is 131 cm³/mol. The molecule has 1 aliphatic rings. The third-order valence-electron chi connectivity index (χ3n) is 6.52. The molecule has 184 valence electrons. The van der Waals surface area contributed by atoms with E-state index in [1.807, 2.05) is 55.1 Å². The van der Waals surface area contributed by atoms with E-state index in [1.165, 1.54) is 5.56 Å². The van der Waals surface area contributed by atoms with Crippen LogP contribution in [0.25, 0.3) is 0 Å². The van der Waals surface area contributed by atoms with Crippen LogP contribution in [0.3, 0.4) is 0 Å². The summed E-state index contributed by atoms with van der Waals surface area (Å²) in [6.45, 7) is 5.59. The fourth-order valence-electron chi connectivity index (χ4n) is 4.43. The summed E-state index contributed by atoms with van der Waals surface area (Å²) in [5.74, 6) is 1.71. The molecule has 0 unspecified atom stereocenters. The van der Waals surface area contributed by atoms with Crippen molar-refractivity contribution in [3.05, 3.63) is 53.1 Å². The zero-order chi connectivity index (χ0) is 24.7. The molecule has 0 radical (unpaired) electrons. The Hall–Kier alpha value is -3.22. The highest BCUT2D eigenvalue weighted by Crippen LogP contribution is 2.38. The average Bonchev–Trinajstić information content (AvgIpc) is 2.85. The third kappa shape index (κ3) is 6.01. The van der Waals surface area contributed by atoms with Gasteiger partial charge in [-0.15, -0.1) is 0 Å². The van der Waals surface area contributed by atoms with E-state index in [0.717, 1.165) is 24.0 Å². The zero-order valence-corrected chi connectivity index (χ0v) is 20.9. The lowest BCUT2D eigenvalue weighted by molar-refractivity contribution is -0.140. The number of aryl methyl sites for hydroxylation is 2. The molecule has 3 rings (SSSR count). The molecular formula is C27H36N2O5. The van der Waals surface area contributed by atoms with Gasteiger partial charge < -0.3 is 24.4 Å². The number of methoxy groups -OCH3 is 3. The number of ether oxygens (including phenoxy) is 3. The molecule has 0 spiro atoms. The summed E-state index contributed by atoms with van der Waals surface area (Å²) in [6, 6.07) is 11.9. The van der Waals surface area contributed by atoms with Gasteiger partial charge >= 0.3 is 0 Å². The van der Waals surface area contributed by atoms with Gasteiger partial charge in [0.1, 0.15) is 0 Å². The van der Waals surface area contributed by atoms with Gasteiger partial charge in [-0.1, -0.05) is 29.8 Å². The number of hydrogen-bond acceptors (Lipinski definition) is 5. The summed E-state index contributed by atoms with van der Waals surface area (Å²) in [5.41, 5.74) is 2.59. The van der Waals surface area contributed by atoms with Crippen LogP contribution in [0.5, 0.6) is 17.2 Å². The molecule has 2 amide bonds. The van der Waals surface area contributed by atoms with Gasteiger partial charge in [0.2, 0.25) is 17.6 Å². The average molecular weight is 469 g/mol. The Morgan fingerprint density at radius 1 is 1.00 bits per heavy atom. The highest BCUT2D eigenvalue weighted by molar-refractivity contribution is 5.84. The van der Waals surface area contributed by atoms with Crippen molar-refractivity contribution in [2.75, 3.05) is 34.4 Å². The van der Waals surface area contributed by atoms with Crippen molar-refractivity contribution in [2.45, 2.75) is 46.1 Å². The molecule has 7 nitrogen and oxygen atoms in total. The second kappa shape index (κ2) is 11.3. The van der Waals surface area contributed by atoms with E-state index in [2.05, 4.69) is 5.32 Å². The SMILES string of the molecule is COc1cc(CCC(=O)N2CCC[C@](C)(C(=O)NCc3ccc(C)cc3)C2)cc(OC)c1OC. The van der Waals surface area contributed by atoms with E-state index in [9.17, 15) is 9.59 Å². The minimum absolute atomic E-state index is 0.00444. The number of nitrogens with zero attached hydrogens (tertiary/aromatic N) is 1. The Morgan fingerprint density at radius 2 is 1.65 bits per heavy atom. The third-order valence-corrected chi connectivity index (χ3v) is 6.52. The van der Waals surface area contributed by atoms with Gasteiger partial charge in [0, 0.05) is 26.1 Å². The number of likely N-dealkylation sites (tertiary alicyclic amines) is 1. The molecule has 0 aliphatic carbocycles. The maximum atomic E-state index is 13.0. The van der Waals surface area contributed by atoms with Gasteiger partial charge in [-0.05, 0) is 56.4 Å². The van der Waals surface area contributed by atoms with Crippen LogP contribution in [0, 0.1) is 12.3 Å². The summed E-state index contributed by atoms with van der Waals surface area (Å²) in [4.78, 5) is 27.9. The van der Waals surface area contributed by atoms with Gasteiger partial charge in [0.05, 0.1) is 26.7 Å². The molecule has 1 fully saturated rings. The number of carbonyl (C=O) groups is 2. The van der Waals surface area contributed by atoms with Crippen LogP contribution < -0.4 is 19.5 Å². The Labute approximate surface area is 202 Å². The van der Waals surface area contributed by atoms with E-state index >= 15 is 0 Å². The first-order valence-electron chi connectivity index (χ1n) is 11.7. The van der Waals surface area contributed by atoms with Crippen molar-refractivity contribution in [3.63, 3.8) is 0 Å². The lowest BCUT2D eigenvalue weighted by atomic mass is 9.80. The molecule has 2 aromatic rings. The lowest BCUT2D eigenvalue weighted by Gasteiger charge is -2.39. The lowest BCUT2D eigenvalue weighted by Crippen LogP contribution is -2.51. The molecule has 34 heavy (non-hydrogen) atoms. The van der Waals surface area contributed by atoms with Crippen molar-refractivity contribution in [2.24, 2.45) is 5.41 Å². The second-order valence-electron chi connectivity index (χ2n) is 9.18. The van der Waals surface area contributed by atoms with Crippen LogP contribution in [0.15, 0.2) is 36.4 Å². The molecule has 7 heteroatoms. The Balaban J connectivity index is 1.59. The number of piperidine rings is 1. The first-order valence-corrected chi connectivity index (χ1v) is 11.7. The molecule has 1 heterocycles. The van der Waals surface area contributed by atoms with E-state index in [1.54, 1.807) is 21.3 Å². The monoisotopic (exact) mass is 468 g/mol. The van der Waals surface area contributed by atoms with Gasteiger partial charge in [-0.3, -0.25) is 9.59 Å². The van der Waals surface area contributed by atoms with Gasteiger partial charge in [-0.2, -0.15) is 0 Å². The van der Waals surface area contributed by atoms with Gasteiger partial charge in [-0.25, -0.2) is 0 Å². The quantitative estimate of drug-likeness (QED) is 0.604. The number of benzene rings is 2. The van der Waals surface area contributed by atoms with Crippen molar-refractivity contribution in [1.29, 1.82) is 0 Å². The summed E-state index contributed by atoms with van der Waals surface area (Å²) >= 11 is 0. The highest BCUT2D eigenvalue weighted by atomic mass is 16.5. The van der Waals surface area contributed by atoms with Crippen molar-refractivity contribution < 1.29 is 23.8 Å². The summed E-state index contributed by atoms with van der Waals surface area (Å²) < 4.78 is 16.2. The predicted octanol–water partition coefficient (Wildman–Crippen LogP) is 3.90. The maximum Gasteiger partial charge on any atom is 0.227 e. The fraction of sp³-hybridized carbons (Fsp3) is 0.481. The molecular weight excluding hydrogens is 432 g/mol. The van der Waals surface area contributed by atoms with E-state index in [-0.39, 0.29) is 11.8 Å². The van der Waals surface area contributed by atoms with E-state index < -0.39 is 5.41 Å². The van der Waals surface area contributed by atoms with Crippen LogP contribution in [0.4, 0.5) is 0 Å². The Bertz CT molecular complexity index is 980. The van der Waals surface area contributed by atoms with Gasteiger partial charge in [0.15, 0.2) is 11.5 Å². The molecule has 1 N–H and O–H groups in total. The van der Waals surface area contributed by atoms with Crippen LogP contribution >= 0.6 is 0 Å². The molecule has 0 bridgehead atoms. The smallest absolute Gasteiger partial charge is 0.227 e. The van der Waals surface area contributed by atoms with E-state index in [0.29, 0.717) is 49.7 Å². The number of nitrogens with one attached hydrogen (secondary N) is 1. The molecule has 1 aliphatic heterocycles. The standard InChI is InChI=1S/C27H36N2O5/c1-19-7-9-20(10-8-19)17-28-26(31)27(2)13-6-14-29(18-27)24(30)12-11-21-15-22(32-3)25(34-5)23(16-21)33-4/h7-10,15-16H,6,11-14,17-18H2,1-5H3,(H,28,31)/t27-/m0/s1. The van der Waals surface area contributed by atoms with Crippen molar-refractivity contribution in [1.82, 2.24) is 10.2 Å². The van der Waals surface area contributed by atoms with Crippen LogP contribution in [-0.4, -0.2) is 51.1 Å². The minimum Gasteiger partial charge on any atom is -0.493 e. The number of rotatable bonds is 9. The minimum atomic E-state index is -0.592. The summed E-state index contributed by atoms with van der Waals surface area (Å²) in [6.07, 6.45) is 2.47. The van der Waals surface area contributed by atoms with Crippen LogP contribution in [-0.2, 0) is 22.6 Å². The zero-order valence-electron chi connectivity index (χ0n) is 20.9. The maximum absolute atomic E-state index is 13.0. The van der Waals surface area contributed by atoms with E-state index in [4.69, 9.17) is 14.2 Å². The molecule has 1 saturated heterocycles. The summed E-state index contributed by atoms with van der Waals surface area (Å²) in [5, 5.41) is 3.07. The number of hydrogen-bond donors (Lipinski definition) is 1. The number of amides is 2. The Kier molecular flexibility index (Phi) is 8.42. The molecule has 0 saturated carbocycles. The van der Waals surface area contributed by atoms with Crippen LogP contribution in [0.1, 0.15) is 42.9 Å². The molecule has 0 aromatic heterocycles. The summed E-state index contributed by atoms with van der Waals surface area (Å²) in [7, 11) is 4.71. The van der Waals surface area contributed by atoms with Crippen molar-refractivity contribution in [3.8, 4) is 17.2 Å². The van der Waals surface area contributed by atoms with Crippen molar-refractivity contribution >= 4 is 11.8 Å². The first kappa shape index (κ1) is 25.4. The first-order chi connectivity index (χ1) is 16.3. The molecule has 2 aromatic carbocycles. The Morgan fingerprint density at radius 3 is 2.24 bits per heavy atom. The topological polar surface area (TPSA) is 77.1 Å². The largest absolute Gasteiger partial charge is 0.493 e. The fourth-order valence-corrected chi connectivity index (χ4v) is 4.43. The number of carbonyl (C=O) groups excluding carboxylic acids is 2. The highest BCUT2D eigenvalue weighted by Gasteiger charge is 2.39. The normalized spacial score (nSPS) is 17.7.